The predicted octanol–water partition coefficient (Wildman–Crippen LogP) is 6.80. The number of halogens is 1. The predicted molar refractivity (Wildman–Crippen MR) is 186 cm³/mol. The maximum atomic E-state index is 14.3. The van der Waals surface area contributed by atoms with Crippen LogP contribution in [-0.2, 0) is 14.3 Å². The zero-order chi connectivity index (χ0) is 34.6. The fourth-order valence-corrected chi connectivity index (χ4v) is 6.24. The number of benzene rings is 3. The van der Waals surface area contributed by atoms with Gasteiger partial charge in [0.05, 0.1) is 0 Å². The van der Waals surface area contributed by atoms with Gasteiger partial charge in [-0.1, -0.05) is 29.8 Å². The average molecular weight is 675 g/mol. The van der Waals surface area contributed by atoms with Crippen LogP contribution in [0.4, 0.5) is 16.2 Å². The molecule has 1 saturated heterocycles. The van der Waals surface area contributed by atoms with E-state index in [1.54, 1.807) is 59.2 Å². The Morgan fingerprint density at radius 3 is 2.33 bits per heavy atom. The fraction of sp³-hybridized carbons (Fsp3) is 0.405. The number of esters is 1. The zero-order valence-corrected chi connectivity index (χ0v) is 28.9. The number of nitrogens with one attached hydrogen (secondary N) is 2. The molecule has 2 aliphatic rings. The Morgan fingerprint density at radius 2 is 1.65 bits per heavy atom. The van der Waals surface area contributed by atoms with Crippen molar-refractivity contribution in [3.8, 4) is 0 Å². The second-order valence-corrected chi connectivity index (χ2v) is 13.7. The molecule has 0 aliphatic carbocycles. The first-order valence-corrected chi connectivity index (χ1v) is 16.7. The van der Waals surface area contributed by atoms with Gasteiger partial charge in [-0.15, -0.1) is 0 Å². The van der Waals surface area contributed by atoms with Crippen molar-refractivity contribution in [3.05, 3.63) is 93.5 Å². The van der Waals surface area contributed by atoms with E-state index in [9.17, 15) is 19.2 Å². The number of ketones is 1. The minimum Gasteiger partial charge on any atom is -0.456 e. The summed E-state index contributed by atoms with van der Waals surface area (Å²) in [5.41, 5.74) is 3.83. The number of hydrogen-bond donors (Lipinski definition) is 2. The first kappa shape index (κ1) is 34.9. The molecule has 0 aromatic heterocycles. The van der Waals surface area contributed by atoms with Gasteiger partial charge < -0.3 is 25.0 Å². The van der Waals surface area contributed by atoms with Crippen molar-refractivity contribution >= 4 is 46.7 Å². The van der Waals surface area contributed by atoms with Gasteiger partial charge in [-0.05, 0) is 101 Å². The minimum absolute atomic E-state index is 0.255. The van der Waals surface area contributed by atoms with Gasteiger partial charge in [0.2, 0.25) is 0 Å². The summed E-state index contributed by atoms with van der Waals surface area (Å²) in [6.07, 6.45) is 0.283. The summed E-state index contributed by atoms with van der Waals surface area (Å²) in [5.74, 6) is -1.34. The number of carbonyl (C=O) groups is 4. The van der Waals surface area contributed by atoms with Gasteiger partial charge in [0.15, 0.2) is 11.8 Å². The Labute approximate surface area is 286 Å². The van der Waals surface area contributed by atoms with Gasteiger partial charge in [0.25, 0.3) is 5.91 Å². The van der Waals surface area contributed by atoms with E-state index in [1.807, 2.05) is 45.9 Å². The second-order valence-electron chi connectivity index (χ2n) is 13.3. The number of anilines is 2. The molecule has 0 radical (unpaired) electrons. The lowest BCUT2D eigenvalue weighted by Crippen LogP contribution is -2.57. The summed E-state index contributed by atoms with van der Waals surface area (Å²) in [6, 6.07) is 16.5. The van der Waals surface area contributed by atoms with E-state index in [0.717, 1.165) is 23.2 Å². The third-order valence-corrected chi connectivity index (χ3v) is 8.75. The molecular weight excluding hydrogens is 632 g/mol. The molecular formula is C37H43ClN4O6. The molecule has 0 spiro atoms. The molecule has 2 amide bonds. The second kappa shape index (κ2) is 14.8. The van der Waals surface area contributed by atoms with Crippen LogP contribution in [0.1, 0.15) is 77.1 Å². The minimum atomic E-state index is -1.25. The van der Waals surface area contributed by atoms with Crippen LogP contribution in [0.5, 0.6) is 0 Å². The molecule has 11 heteroatoms. The highest BCUT2D eigenvalue weighted by Crippen LogP contribution is 2.35. The van der Waals surface area contributed by atoms with Crippen LogP contribution in [0.2, 0.25) is 5.02 Å². The standard InChI is InChI=1S/C37H43ClN4O6/c1-23-9-6-7-10-28(23)34(44)40-26-13-14-27(24(2)21-26)33(43)32(41-17-19-42(20-18-41)36(46)48-37(3,4)5)35(45)47-31-11-8-16-39-30-15-12-25(38)22-29(30)31/h6-7,9-10,12-15,21-22,31-32,39H,8,11,16-20H2,1-5H3,(H,40,44). The largest absolute Gasteiger partial charge is 0.456 e. The Kier molecular flexibility index (Phi) is 10.8. The van der Waals surface area contributed by atoms with Crippen molar-refractivity contribution < 1.29 is 28.7 Å². The third kappa shape index (κ3) is 8.35. The quantitative estimate of drug-likeness (QED) is 0.160. The van der Waals surface area contributed by atoms with Crippen LogP contribution in [0.25, 0.3) is 0 Å². The van der Waals surface area contributed by atoms with Gasteiger partial charge in [-0.3, -0.25) is 14.5 Å². The summed E-state index contributed by atoms with van der Waals surface area (Å²) in [5, 5.41) is 6.79. The topological polar surface area (TPSA) is 117 Å². The SMILES string of the molecule is Cc1ccccc1C(=O)Nc1ccc(C(=O)C(C(=O)OC2CCCNc3ccc(Cl)cc32)N2CCN(C(=O)OC(C)(C)C)CC2)c(C)c1. The van der Waals surface area contributed by atoms with Gasteiger partial charge in [-0.25, -0.2) is 9.59 Å². The molecule has 0 bridgehead atoms. The molecule has 1 fully saturated rings. The monoisotopic (exact) mass is 674 g/mol. The van der Waals surface area contributed by atoms with Crippen LogP contribution in [0.15, 0.2) is 60.7 Å². The van der Waals surface area contributed by atoms with Crippen molar-refractivity contribution in [1.29, 1.82) is 0 Å². The zero-order valence-electron chi connectivity index (χ0n) is 28.1. The van der Waals surface area contributed by atoms with Gasteiger partial charge in [0.1, 0.15) is 11.7 Å². The average Bonchev–Trinajstić information content (AvgIpc) is 3.22. The van der Waals surface area contributed by atoms with E-state index < -0.39 is 35.6 Å². The van der Waals surface area contributed by atoms with Crippen LogP contribution < -0.4 is 10.6 Å². The van der Waals surface area contributed by atoms with Crippen molar-refractivity contribution in [2.75, 3.05) is 43.4 Å². The summed E-state index contributed by atoms with van der Waals surface area (Å²) in [4.78, 5) is 57.6. The maximum Gasteiger partial charge on any atom is 0.410 e. The highest BCUT2D eigenvalue weighted by atomic mass is 35.5. The van der Waals surface area contributed by atoms with Crippen LogP contribution >= 0.6 is 11.6 Å². The number of carbonyl (C=O) groups excluding carboxylic acids is 4. The molecule has 48 heavy (non-hydrogen) atoms. The molecule has 2 aliphatic heterocycles. The van der Waals surface area contributed by atoms with Crippen LogP contribution in [0.3, 0.4) is 0 Å². The van der Waals surface area contributed by atoms with Gasteiger partial charge in [-0.2, -0.15) is 0 Å². The normalized spacial score (nSPS) is 17.3. The molecule has 2 unspecified atom stereocenters. The number of ether oxygens (including phenoxy) is 2. The van der Waals surface area contributed by atoms with E-state index in [-0.39, 0.29) is 32.1 Å². The van der Waals surface area contributed by atoms with Crippen molar-refractivity contribution in [2.45, 2.75) is 65.2 Å². The number of amides is 2. The molecule has 2 atom stereocenters. The number of hydrogen-bond acceptors (Lipinski definition) is 8. The van der Waals surface area contributed by atoms with Crippen LogP contribution in [0, 0.1) is 13.8 Å². The van der Waals surface area contributed by atoms with E-state index in [4.69, 9.17) is 21.1 Å². The van der Waals surface area contributed by atoms with E-state index in [0.29, 0.717) is 40.4 Å². The number of nitrogens with zero attached hydrogens (tertiary/aromatic N) is 2. The lowest BCUT2D eigenvalue weighted by atomic mass is 9.97. The van der Waals surface area contributed by atoms with Crippen molar-refractivity contribution in [2.24, 2.45) is 0 Å². The van der Waals surface area contributed by atoms with Crippen molar-refractivity contribution in [3.63, 3.8) is 0 Å². The molecule has 2 N–H and O–H groups in total. The number of piperazine rings is 1. The summed E-state index contributed by atoms with van der Waals surface area (Å²) in [7, 11) is 0. The Bertz CT molecular complexity index is 1700. The molecule has 10 nitrogen and oxygen atoms in total. The number of aryl methyl sites for hydroxylation is 2. The van der Waals surface area contributed by atoms with Crippen molar-refractivity contribution in [1.82, 2.24) is 9.80 Å². The number of Topliss-reactive ketones (excluding diaryl/α,β-unsaturated/α-hetero) is 1. The van der Waals surface area contributed by atoms with E-state index in [1.165, 1.54) is 0 Å². The highest BCUT2D eigenvalue weighted by molar-refractivity contribution is 6.30. The fourth-order valence-electron chi connectivity index (χ4n) is 6.06. The lowest BCUT2D eigenvalue weighted by molar-refractivity contribution is -0.154. The third-order valence-electron chi connectivity index (χ3n) is 8.52. The summed E-state index contributed by atoms with van der Waals surface area (Å²) in [6.45, 7) is 10.9. The molecule has 3 aromatic rings. The Hall–Kier alpha value is -4.41. The molecule has 0 saturated carbocycles. The maximum absolute atomic E-state index is 14.3. The highest BCUT2D eigenvalue weighted by Gasteiger charge is 2.40. The number of fused-ring (bicyclic) bond motifs is 1. The van der Waals surface area contributed by atoms with Crippen LogP contribution in [-0.4, -0.2) is 77.9 Å². The summed E-state index contributed by atoms with van der Waals surface area (Å²) >= 11 is 6.33. The molecule has 254 valence electrons. The van der Waals surface area contributed by atoms with Gasteiger partial charge >= 0.3 is 12.1 Å². The Morgan fingerprint density at radius 1 is 0.917 bits per heavy atom. The van der Waals surface area contributed by atoms with E-state index >= 15 is 0 Å². The number of rotatable bonds is 7. The smallest absolute Gasteiger partial charge is 0.410 e. The molecule has 2 heterocycles. The molecule has 3 aromatic carbocycles. The lowest BCUT2D eigenvalue weighted by Gasteiger charge is -2.38. The Balaban J connectivity index is 1.39. The first-order valence-electron chi connectivity index (χ1n) is 16.3. The van der Waals surface area contributed by atoms with E-state index in [2.05, 4.69) is 10.6 Å². The summed E-state index contributed by atoms with van der Waals surface area (Å²) < 4.78 is 11.7. The molecule has 5 rings (SSSR count). The first-order chi connectivity index (χ1) is 22.8. The van der Waals surface area contributed by atoms with Gasteiger partial charge in [0, 0.05) is 65.8 Å².